The fraction of sp³-hybridized carbons (Fsp3) is 0.286. The molecule has 4 atom stereocenters. The minimum Gasteiger partial charge on any atom is -0.361 e. The summed E-state index contributed by atoms with van der Waals surface area (Å²) >= 11 is 2.38. The molecule has 4 aliphatic rings. The maximum Gasteiger partial charge on any atom is 0.175 e. The lowest BCUT2D eigenvalue weighted by Gasteiger charge is -2.43. The highest BCUT2D eigenvalue weighted by Gasteiger charge is 2.66. The Hall–Kier alpha value is -2.06. The lowest BCUT2D eigenvalue weighted by Crippen LogP contribution is -2.49. The van der Waals surface area contributed by atoms with E-state index in [1.807, 2.05) is 28.9 Å². The molecule has 0 N–H and O–H groups in total. The minimum atomic E-state index is -0.494. The van der Waals surface area contributed by atoms with Crippen LogP contribution in [0, 0.1) is 11.8 Å². The number of carbonyl (C=O) groups is 1. The molecule has 2 bridgehead atoms. The van der Waals surface area contributed by atoms with Crippen molar-refractivity contribution in [2.45, 2.75) is 17.9 Å². The standard InChI is InChI=1S/C21H16IN3O2/c22-17-10-15-14(9-16(17)21(11-27-21)20(15)26)12-5-7-13(8-6-12)25-19-4-2-1-3-18(19)23-24-25/h1-8,10,14-16H,9,11H2/t14?,15?,16?,21-/m0/s1. The van der Waals surface area contributed by atoms with Crippen molar-refractivity contribution in [1.29, 1.82) is 0 Å². The van der Waals surface area contributed by atoms with Crippen LogP contribution in [-0.4, -0.2) is 33.0 Å². The van der Waals surface area contributed by atoms with Gasteiger partial charge in [-0.05, 0) is 68.3 Å². The third-order valence-corrected chi connectivity index (χ3v) is 7.36. The molecular weight excluding hydrogens is 453 g/mol. The second-order valence-electron chi connectivity index (χ2n) is 7.60. The van der Waals surface area contributed by atoms with Crippen LogP contribution < -0.4 is 0 Å². The van der Waals surface area contributed by atoms with Crippen molar-refractivity contribution >= 4 is 39.4 Å². The molecule has 27 heavy (non-hydrogen) atoms. The van der Waals surface area contributed by atoms with E-state index in [0.29, 0.717) is 6.61 Å². The van der Waals surface area contributed by atoms with E-state index in [0.717, 1.165) is 23.1 Å². The molecule has 2 aromatic carbocycles. The van der Waals surface area contributed by atoms with Gasteiger partial charge in [-0.3, -0.25) is 4.79 Å². The van der Waals surface area contributed by atoms with Gasteiger partial charge in [0.15, 0.2) is 11.4 Å². The number of ether oxygens (including phenoxy) is 1. The first-order valence-corrected chi connectivity index (χ1v) is 10.2. The molecule has 7 rings (SSSR count). The highest BCUT2D eigenvalue weighted by Crippen LogP contribution is 2.58. The molecule has 0 amide bonds. The molecule has 5 nitrogen and oxygen atoms in total. The first-order valence-electron chi connectivity index (χ1n) is 9.14. The number of fused-ring (bicyclic) bond motifs is 2. The average Bonchev–Trinajstić information content (AvgIpc) is 3.37. The van der Waals surface area contributed by atoms with Gasteiger partial charge in [0.1, 0.15) is 5.52 Å². The number of Topliss-reactive ketones (excluding diaryl/α,β-unsaturated/α-hetero) is 1. The summed E-state index contributed by atoms with van der Waals surface area (Å²) in [5, 5.41) is 8.51. The normalized spacial score (nSPS) is 31.5. The van der Waals surface area contributed by atoms with Crippen LogP contribution in [0.4, 0.5) is 0 Å². The van der Waals surface area contributed by atoms with Gasteiger partial charge in [-0.25, -0.2) is 4.68 Å². The molecule has 2 heterocycles. The number of halogens is 1. The van der Waals surface area contributed by atoms with Crippen molar-refractivity contribution in [2.24, 2.45) is 11.8 Å². The summed E-state index contributed by atoms with van der Waals surface area (Å²) < 4.78 is 8.78. The average molecular weight is 469 g/mol. The number of ketones is 1. The maximum atomic E-state index is 12.9. The van der Waals surface area contributed by atoms with Crippen molar-refractivity contribution in [2.75, 3.05) is 6.61 Å². The Morgan fingerprint density at radius 2 is 1.93 bits per heavy atom. The van der Waals surface area contributed by atoms with Crippen LogP contribution in [0.1, 0.15) is 17.9 Å². The van der Waals surface area contributed by atoms with Crippen LogP contribution >= 0.6 is 22.6 Å². The molecule has 1 saturated heterocycles. The van der Waals surface area contributed by atoms with E-state index < -0.39 is 5.60 Å². The van der Waals surface area contributed by atoms with Crippen LogP contribution in [0.3, 0.4) is 0 Å². The number of allylic oxidation sites excluding steroid dienone is 1. The van der Waals surface area contributed by atoms with E-state index in [2.05, 4.69) is 63.2 Å². The molecule has 1 aromatic heterocycles. The quantitative estimate of drug-likeness (QED) is 0.423. The molecule has 3 unspecified atom stereocenters. The Morgan fingerprint density at radius 3 is 2.70 bits per heavy atom. The largest absolute Gasteiger partial charge is 0.361 e. The van der Waals surface area contributed by atoms with Gasteiger partial charge in [-0.15, -0.1) is 5.10 Å². The van der Waals surface area contributed by atoms with E-state index in [9.17, 15) is 4.79 Å². The highest BCUT2D eigenvalue weighted by atomic mass is 127. The third-order valence-electron chi connectivity index (χ3n) is 6.25. The summed E-state index contributed by atoms with van der Waals surface area (Å²) in [5.41, 5.74) is 3.56. The Morgan fingerprint density at radius 1 is 1.15 bits per heavy atom. The molecular formula is C21H16IN3O2. The van der Waals surface area contributed by atoms with Gasteiger partial charge in [-0.1, -0.05) is 35.6 Å². The maximum absolute atomic E-state index is 12.9. The first-order chi connectivity index (χ1) is 13.2. The van der Waals surface area contributed by atoms with Gasteiger partial charge < -0.3 is 4.74 Å². The number of aromatic nitrogens is 3. The number of hydrogen-bond acceptors (Lipinski definition) is 4. The first kappa shape index (κ1) is 15.9. The van der Waals surface area contributed by atoms with Crippen molar-refractivity contribution in [3.8, 4) is 5.69 Å². The Labute approximate surface area is 169 Å². The number of carbonyl (C=O) groups excluding carboxylic acids is 1. The smallest absolute Gasteiger partial charge is 0.175 e. The van der Waals surface area contributed by atoms with Gasteiger partial charge in [0, 0.05) is 11.8 Å². The fourth-order valence-electron chi connectivity index (χ4n) is 4.73. The van der Waals surface area contributed by atoms with Crippen molar-refractivity contribution in [3.63, 3.8) is 0 Å². The lowest BCUT2D eigenvalue weighted by atomic mass is 9.61. The monoisotopic (exact) mass is 469 g/mol. The van der Waals surface area contributed by atoms with E-state index in [1.165, 1.54) is 9.14 Å². The Kier molecular flexibility index (Phi) is 3.24. The summed E-state index contributed by atoms with van der Waals surface area (Å²) in [6.45, 7) is 0.596. The van der Waals surface area contributed by atoms with Gasteiger partial charge in [-0.2, -0.15) is 0 Å². The second-order valence-corrected chi connectivity index (χ2v) is 8.84. The molecule has 0 radical (unpaired) electrons. The number of para-hydroxylation sites is 1. The molecule has 2 fully saturated rings. The van der Waals surface area contributed by atoms with E-state index in [-0.39, 0.29) is 23.5 Å². The van der Waals surface area contributed by atoms with Crippen LogP contribution in [0.5, 0.6) is 0 Å². The van der Waals surface area contributed by atoms with Gasteiger partial charge in [0.2, 0.25) is 0 Å². The molecule has 1 spiro atoms. The predicted molar refractivity (Wildman–Crippen MR) is 109 cm³/mol. The van der Waals surface area contributed by atoms with Gasteiger partial charge >= 0.3 is 0 Å². The zero-order valence-corrected chi connectivity index (χ0v) is 16.5. The Balaban J connectivity index is 1.35. The van der Waals surface area contributed by atoms with Crippen molar-refractivity contribution in [1.82, 2.24) is 15.0 Å². The number of nitrogens with zero attached hydrogens (tertiary/aromatic N) is 3. The number of hydrogen-bond donors (Lipinski definition) is 0. The second kappa shape index (κ2) is 5.48. The van der Waals surface area contributed by atoms with E-state index in [4.69, 9.17) is 4.74 Å². The molecule has 1 saturated carbocycles. The summed E-state index contributed by atoms with van der Waals surface area (Å²) in [7, 11) is 0. The molecule has 1 aliphatic heterocycles. The molecule has 6 heteroatoms. The summed E-state index contributed by atoms with van der Waals surface area (Å²) in [5.74, 6) is 0.662. The van der Waals surface area contributed by atoms with Crippen LogP contribution in [0.15, 0.2) is 58.2 Å². The van der Waals surface area contributed by atoms with E-state index >= 15 is 0 Å². The van der Waals surface area contributed by atoms with E-state index in [1.54, 1.807) is 0 Å². The van der Waals surface area contributed by atoms with Crippen molar-refractivity contribution in [3.05, 3.63) is 63.8 Å². The molecule has 134 valence electrons. The van der Waals surface area contributed by atoms with Gasteiger partial charge in [0.05, 0.1) is 17.8 Å². The Bertz CT molecular complexity index is 1110. The number of epoxide rings is 1. The summed E-state index contributed by atoms with van der Waals surface area (Å²) in [6.07, 6.45) is 3.14. The lowest BCUT2D eigenvalue weighted by molar-refractivity contribution is -0.132. The highest BCUT2D eigenvalue weighted by molar-refractivity contribution is 14.1. The minimum absolute atomic E-state index is 0.0672. The molecule has 3 aromatic rings. The molecule has 3 aliphatic carbocycles. The van der Waals surface area contributed by atoms with Crippen molar-refractivity contribution < 1.29 is 9.53 Å². The topological polar surface area (TPSA) is 60.3 Å². The predicted octanol–water partition coefficient (Wildman–Crippen LogP) is 3.81. The van der Waals surface area contributed by atoms with Crippen LogP contribution in [-0.2, 0) is 9.53 Å². The summed E-state index contributed by atoms with van der Waals surface area (Å²) in [6, 6.07) is 16.3. The zero-order valence-electron chi connectivity index (χ0n) is 14.4. The van der Waals surface area contributed by atoms with Crippen LogP contribution in [0.25, 0.3) is 16.7 Å². The van der Waals surface area contributed by atoms with Crippen LogP contribution in [0.2, 0.25) is 0 Å². The SMILES string of the molecule is O=C1C2C=C(I)C(CC2c2ccc(-n3nnc4ccccc43)cc2)[C@@]12CO2. The third kappa shape index (κ3) is 2.17. The number of rotatable bonds is 2. The summed E-state index contributed by atoms with van der Waals surface area (Å²) in [4.78, 5) is 12.9. The fourth-order valence-corrected chi connectivity index (χ4v) is 5.87. The van der Waals surface area contributed by atoms with Gasteiger partial charge in [0.25, 0.3) is 0 Å². The number of benzene rings is 2. The zero-order chi connectivity index (χ0) is 18.2.